The highest BCUT2D eigenvalue weighted by molar-refractivity contribution is 6.39. The number of aryl methyl sites for hydroxylation is 2. The molecule has 0 heterocycles. The predicted molar refractivity (Wildman–Crippen MR) is 91.6 cm³/mol. The summed E-state index contributed by atoms with van der Waals surface area (Å²) in [6.07, 6.45) is -0.250. The number of benzene rings is 2. The lowest BCUT2D eigenvalue weighted by atomic mass is 10.1. The smallest absolute Gasteiger partial charge is 0.313 e. The number of carbonyl (C=O) groups is 2. The van der Waals surface area contributed by atoms with Crippen LogP contribution in [0, 0.1) is 13.8 Å². The Hall–Kier alpha value is -2.66. The minimum absolute atomic E-state index is 0.472. The monoisotopic (exact) mass is 324 g/mol. The summed E-state index contributed by atoms with van der Waals surface area (Å²) in [7, 11) is 0. The van der Waals surface area contributed by atoms with Crippen molar-refractivity contribution in [1.29, 1.82) is 0 Å². The van der Waals surface area contributed by atoms with Gasteiger partial charge in [-0.2, -0.15) is 0 Å². The standard InChI is InChI=1S/C19H20N2O3/c1-11-7-8-12(2)15(9-11)20-18(23)19(24)21-17-14-6-4-3-5-13(14)10-16(17)22/h3-9,16-17,22H,10H2,1-2H3,(H,20,23)(H,21,24). The molecule has 2 aromatic rings. The second-order valence-electron chi connectivity index (χ2n) is 6.19. The molecule has 2 amide bonds. The van der Waals surface area contributed by atoms with Crippen LogP contribution < -0.4 is 10.6 Å². The minimum atomic E-state index is -0.753. The molecule has 0 saturated carbocycles. The maximum absolute atomic E-state index is 12.2. The topological polar surface area (TPSA) is 78.4 Å². The average molecular weight is 324 g/mol. The number of hydrogen-bond donors (Lipinski definition) is 3. The number of aliphatic hydroxyl groups is 1. The van der Waals surface area contributed by atoms with E-state index in [-0.39, 0.29) is 0 Å². The Bertz CT molecular complexity index is 801. The number of carbonyl (C=O) groups excluding carboxylic acids is 2. The predicted octanol–water partition coefficient (Wildman–Crippen LogP) is 2.02. The molecule has 2 aromatic carbocycles. The van der Waals surface area contributed by atoms with Crippen LogP contribution in [0.5, 0.6) is 0 Å². The van der Waals surface area contributed by atoms with E-state index in [0.717, 1.165) is 22.3 Å². The van der Waals surface area contributed by atoms with Gasteiger partial charge in [-0.05, 0) is 42.2 Å². The summed E-state index contributed by atoms with van der Waals surface area (Å²) in [4.78, 5) is 24.4. The zero-order chi connectivity index (χ0) is 17.3. The largest absolute Gasteiger partial charge is 0.390 e. The Balaban J connectivity index is 1.71. The summed E-state index contributed by atoms with van der Waals surface area (Å²) in [6, 6.07) is 12.6. The molecule has 3 rings (SSSR count). The molecule has 0 radical (unpaired) electrons. The molecule has 0 fully saturated rings. The summed E-state index contributed by atoms with van der Waals surface area (Å²) >= 11 is 0. The van der Waals surface area contributed by atoms with Crippen molar-refractivity contribution in [3.8, 4) is 0 Å². The highest BCUT2D eigenvalue weighted by Gasteiger charge is 2.33. The van der Waals surface area contributed by atoms with E-state index in [0.29, 0.717) is 12.1 Å². The third-order valence-corrected chi connectivity index (χ3v) is 4.34. The minimum Gasteiger partial charge on any atom is -0.390 e. The van der Waals surface area contributed by atoms with Gasteiger partial charge in [0.25, 0.3) is 0 Å². The third kappa shape index (κ3) is 3.16. The lowest BCUT2D eigenvalue weighted by Crippen LogP contribution is -2.40. The molecule has 2 atom stereocenters. The molecule has 2 unspecified atom stereocenters. The van der Waals surface area contributed by atoms with Gasteiger partial charge in [0.05, 0.1) is 12.1 Å². The van der Waals surface area contributed by atoms with Crippen LogP contribution >= 0.6 is 0 Å². The number of fused-ring (bicyclic) bond motifs is 1. The van der Waals surface area contributed by atoms with Crippen LogP contribution in [0.3, 0.4) is 0 Å². The van der Waals surface area contributed by atoms with E-state index in [1.54, 1.807) is 0 Å². The van der Waals surface area contributed by atoms with Gasteiger partial charge in [-0.15, -0.1) is 0 Å². The van der Waals surface area contributed by atoms with Gasteiger partial charge in [-0.25, -0.2) is 0 Å². The molecule has 0 saturated heterocycles. The number of rotatable bonds is 2. The van der Waals surface area contributed by atoms with Crippen molar-refractivity contribution >= 4 is 17.5 Å². The zero-order valence-corrected chi connectivity index (χ0v) is 13.7. The van der Waals surface area contributed by atoms with E-state index in [2.05, 4.69) is 10.6 Å². The number of nitrogens with one attached hydrogen (secondary N) is 2. The van der Waals surface area contributed by atoms with E-state index in [9.17, 15) is 14.7 Å². The number of hydrogen-bond acceptors (Lipinski definition) is 3. The number of aliphatic hydroxyl groups excluding tert-OH is 1. The van der Waals surface area contributed by atoms with Gasteiger partial charge in [0.1, 0.15) is 0 Å². The average Bonchev–Trinajstić information content (AvgIpc) is 2.86. The first kappa shape index (κ1) is 16.2. The highest BCUT2D eigenvalue weighted by Crippen LogP contribution is 2.31. The molecular formula is C19H20N2O3. The summed E-state index contributed by atoms with van der Waals surface area (Å²) in [5.74, 6) is -1.49. The quantitative estimate of drug-likeness (QED) is 0.740. The highest BCUT2D eigenvalue weighted by atomic mass is 16.3. The second kappa shape index (κ2) is 6.45. The summed E-state index contributed by atoms with van der Waals surface area (Å²) in [6.45, 7) is 3.78. The molecule has 0 bridgehead atoms. The van der Waals surface area contributed by atoms with Crippen LogP contribution in [0.4, 0.5) is 5.69 Å². The van der Waals surface area contributed by atoms with Gasteiger partial charge in [0, 0.05) is 12.1 Å². The molecule has 0 aliphatic heterocycles. The van der Waals surface area contributed by atoms with Gasteiger partial charge < -0.3 is 15.7 Å². The Morgan fingerprint density at radius 3 is 2.62 bits per heavy atom. The van der Waals surface area contributed by atoms with Crippen LogP contribution in [-0.2, 0) is 16.0 Å². The first-order valence-electron chi connectivity index (χ1n) is 7.90. The van der Waals surface area contributed by atoms with Gasteiger partial charge in [0.15, 0.2) is 0 Å². The first-order valence-corrected chi connectivity index (χ1v) is 7.90. The van der Waals surface area contributed by atoms with E-state index >= 15 is 0 Å². The van der Waals surface area contributed by atoms with Crippen molar-refractivity contribution in [1.82, 2.24) is 5.32 Å². The van der Waals surface area contributed by atoms with E-state index in [1.165, 1.54) is 0 Å². The Morgan fingerprint density at radius 1 is 1.08 bits per heavy atom. The summed E-state index contributed by atoms with van der Waals surface area (Å²) in [5.41, 5.74) is 4.34. The van der Waals surface area contributed by atoms with E-state index in [4.69, 9.17) is 0 Å². The number of anilines is 1. The molecular weight excluding hydrogens is 304 g/mol. The molecule has 0 aromatic heterocycles. The third-order valence-electron chi connectivity index (χ3n) is 4.34. The fraction of sp³-hybridized carbons (Fsp3) is 0.263. The van der Waals surface area contributed by atoms with Crippen molar-refractivity contribution in [2.75, 3.05) is 5.32 Å². The fourth-order valence-electron chi connectivity index (χ4n) is 3.00. The van der Waals surface area contributed by atoms with Crippen LogP contribution in [0.1, 0.15) is 28.3 Å². The molecule has 3 N–H and O–H groups in total. The van der Waals surface area contributed by atoms with Crippen LogP contribution in [0.15, 0.2) is 42.5 Å². The van der Waals surface area contributed by atoms with Gasteiger partial charge in [-0.3, -0.25) is 9.59 Å². The van der Waals surface area contributed by atoms with E-state index in [1.807, 2.05) is 56.3 Å². The van der Waals surface area contributed by atoms with Crippen molar-refractivity contribution in [2.24, 2.45) is 0 Å². The van der Waals surface area contributed by atoms with Crippen molar-refractivity contribution in [3.63, 3.8) is 0 Å². The molecule has 24 heavy (non-hydrogen) atoms. The number of amides is 2. The molecule has 1 aliphatic carbocycles. The molecule has 1 aliphatic rings. The lowest BCUT2D eigenvalue weighted by Gasteiger charge is -2.18. The van der Waals surface area contributed by atoms with Crippen molar-refractivity contribution in [2.45, 2.75) is 32.4 Å². The Kier molecular flexibility index (Phi) is 4.36. The van der Waals surface area contributed by atoms with E-state index < -0.39 is 24.0 Å². The molecule has 0 spiro atoms. The second-order valence-corrected chi connectivity index (χ2v) is 6.19. The zero-order valence-electron chi connectivity index (χ0n) is 13.7. The Morgan fingerprint density at radius 2 is 1.83 bits per heavy atom. The summed E-state index contributed by atoms with van der Waals surface area (Å²) in [5, 5.41) is 15.4. The lowest BCUT2D eigenvalue weighted by molar-refractivity contribution is -0.137. The summed E-state index contributed by atoms with van der Waals surface area (Å²) < 4.78 is 0. The van der Waals surface area contributed by atoms with Crippen LogP contribution in [-0.4, -0.2) is 23.0 Å². The van der Waals surface area contributed by atoms with Crippen molar-refractivity contribution in [3.05, 3.63) is 64.7 Å². The van der Waals surface area contributed by atoms with Crippen LogP contribution in [0.25, 0.3) is 0 Å². The maximum Gasteiger partial charge on any atom is 0.313 e. The SMILES string of the molecule is Cc1ccc(C)c(NC(=O)C(=O)NC2c3ccccc3CC2O)c1. The molecule has 5 nitrogen and oxygen atoms in total. The normalized spacial score (nSPS) is 18.8. The first-order chi connectivity index (χ1) is 11.5. The molecule has 124 valence electrons. The Labute approximate surface area is 140 Å². The molecule has 5 heteroatoms. The van der Waals surface area contributed by atoms with Gasteiger partial charge in [-0.1, -0.05) is 36.4 Å². The van der Waals surface area contributed by atoms with Gasteiger partial charge >= 0.3 is 11.8 Å². The maximum atomic E-state index is 12.2. The van der Waals surface area contributed by atoms with Crippen molar-refractivity contribution < 1.29 is 14.7 Å². The van der Waals surface area contributed by atoms with Crippen LogP contribution in [0.2, 0.25) is 0 Å². The fourth-order valence-corrected chi connectivity index (χ4v) is 3.00. The van der Waals surface area contributed by atoms with Gasteiger partial charge in [0.2, 0.25) is 0 Å².